The van der Waals surface area contributed by atoms with Crippen molar-refractivity contribution in [1.82, 2.24) is 0 Å². The van der Waals surface area contributed by atoms with E-state index >= 15 is 0 Å². The maximum atomic E-state index is 13.4. The van der Waals surface area contributed by atoms with Gasteiger partial charge >= 0.3 is 0 Å². The normalized spacial score (nSPS) is 31.2. The number of hydrogen-bond donors (Lipinski definition) is 0. The topological polar surface area (TPSA) is 9.23 Å². The van der Waals surface area contributed by atoms with Crippen molar-refractivity contribution in [2.45, 2.75) is 70.3 Å². The summed E-state index contributed by atoms with van der Waals surface area (Å²) in [7, 11) is 0. The molecule has 2 aliphatic rings. The Morgan fingerprint density at radius 3 is 2.04 bits per heavy atom. The smallest absolute Gasteiger partial charge is 0.194 e. The van der Waals surface area contributed by atoms with Crippen molar-refractivity contribution in [2.24, 2.45) is 11.8 Å². The zero-order chi connectivity index (χ0) is 17.1. The number of ether oxygens (including phenoxy) is 1. The molecule has 1 nitrogen and oxygen atoms in total. The summed E-state index contributed by atoms with van der Waals surface area (Å²) in [6.07, 6.45) is 9.08. The first-order valence-electron chi connectivity index (χ1n) is 9.29. The lowest BCUT2D eigenvalue weighted by Crippen LogP contribution is -2.25. The summed E-state index contributed by atoms with van der Waals surface area (Å²) in [5.74, 6) is -2.04. The summed E-state index contributed by atoms with van der Waals surface area (Å²) in [4.78, 5) is 0. The summed E-state index contributed by atoms with van der Waals surface area (Å²) >= 11 is 0. The molecule has 0 unspecified atom stereocenters. The molecule has 2 fully saturated rings. The quantitative estimate of drug-likeness (QED) is 0.613. The van der Waals surface area contributed by atoms with Crippen molar-refractivity contribution in [3.8, 4) is 0 Å². The third kappa shape index (κ3) is 4.33. The lowest BCUT2D eigenvalue weighted by molar-refractivity contribution is -0.00641. The first-order chi connectivity index (χ1) is 11.5. The van der Waals surface area contributed by atoms with Crippen LogP contribution in [-0.2, 0) is 4.74 Å². The molecule has 0 aliphatic heterocycles. The van der Waals surface area contributed by atoms with Gasteiger partial charge in [-0.15, -0.1) is 0 Å². The van der Waals surface area contributed by atoms with Crippen LogP contribution < -0.4 is 0 Å². The minimum atomic E-state index is -1.37. The molecule has 0 atom stereocenters. The van der Waals surface area contributed by atoms with Gasteiger partial charge in [0.15, 0.2) is 17.5 Å². The van der Waals surface area contributed by atoms with Gasteiger partial charge in [-0.3, -0.25) is 0 Å². The fraction of sp³-hybridized carbons (Fsp3) is 0.700. The molecule has 2 saturated carbocycles. The van der Waals surface area contributed by atoms with Crippen LogP contribution in [-0.4, -0.2) is 12.7 Å². The van der Waals surface area contributed by atoms with E-state index in [-0.39, 0.29) is 5.92 Å². The molecule has 0 spiro atoms. The second-order valence-corrected chi connectivity index (χ2v) is 7.73. The molecule has 3 rings (SSSR count). The number of rotatable bonds is 4. The molecule has 134 valence electrons. The van der Waals surface area contributed by atoms with E-state index < -0.39 is 17.5 Å². The van der Waals surface area contributed by atoms with Gasteiger partial charge in [-0.2, -0.15) is 0 Å². The van der Waals surface area contributed by atoms with Crippen LogP contribution >= 0.6 is 0 Å². The van der Waals surface area contributed by atoms with E-state index in [0.717, 1.165) is 50.3 Å². The Kier molecular flexibility index (Phi) is 5.85. The Morgan fingerprint density at radius 1 is 0.875 bits per heavy atom. The Balaban J connectivity index is 1.46. The van der Waals surface area contributed by atoms with Gasteiger partial charge in [0.2, 0.25) is 0 Å². The molecular weight excluding hydrogens is 313 g/mol. The van der Waals surface area contributed by atoms with E-state index in [2.05, 4.69) is 6.92 Å². The van der Waals surface area contributed by atoms with Crippen LogP contribution in [0.5, 0.6) is 0 Å². The van der Waals surface area contributed by atoms with Crippen LogP contribution in [0.2, 0.25) is 0 Å². The van der Waals surface area contributed by atoms with Crippen molar-refractivity contribution < 1.29 is 17.9 Å². The summed E-state index contributed by atoms with van der Waals surface area (Å²) in [5.41, 5.74) is 0.590. The Bertz CT molecular complexity index is 521. The van der Waals surface area contributed by atoms with Crippen LogP contribution in [0.1, 0.15) is 69.8 Å². The van der Waals surface area contributed by atoms with Crippen molar-refractivity contribution in [3.63, 3.8) is 0 Å². The first kappa shape index (κ1) is 17.8. The number of halogens is 3. The second-order valence-electron chi connectivity index (χ2n) is 7.73. The third-order valence-corrected chi connectivity index (χ3v) is 5.85. The predicted octanol–water partition coefficient (Wildman–Crippen LogP) is 5.97. The molecule has 4 heteroatoms. The molecule has 0 amide bonds. The summed E-state index contributed by atoms with van der Waals surface area (Å²) in [6, 6.07) is 2.31. The largest absolute Gasteiger partial charge is 0.378 e. The fourth-order valence-electron chi connectivity index (χ4n) is 4.14. The lowest BCUT2D eigenvalue weighted by Gasteiger charge is -2.31. The molecule has 1 aromatic rings. The zero-order valence-electron chi connectivity index (χ0n) is 14.4. The molecule has 2 aliphatic carbocycles. The standard InChI is InChI=1S/C20H27F3O/c1-13-2-8-17(9-3-13)24-12-14-4-6-15(7-5-14)16-10-18(21)20(23)19(22)11-16/h10-11,13-15,17H,2-9,12H2,1H3. The Morgan fingerprint density at radius 2 is 1.46 bits per heavy atom. The molecule has 24 heavy (non-hydrogen) atoms. The van der Waals surface area contributed by atoms with Crippen molar-refractivity contribution >= 4 is 0 Å². The average Bonchev–Trinajstić information content (AvgIpc) is 2.59. The third-order valence-electron chi connectivity index (χ3n) is 5.85. The molecule has 0 radical (unpaired) electrons. The number of hydrogen-bond acceptors (Lipinski definition) is 1. The van der Waals surface area contributed by atoms with E-state index in [0.29, 0.717) is 17.6 Å². The first-order valence-corrected chi connectivity index (χ1v) is 9.29. The predicted molar refractivity (Wildman–Crippen MR) is 88.4 cm³/mol. The highest BCUT2D eigenvalue weighted by atomic mass is 19.2. The Labute approximate surface area is 142 Å². The van der Waals surface area contributed by atoms with Gasteiger partial charge in [0.1, 0.15) is 0 Å². The molecule has 1 aromatic carbocycles. The monoisotopic (exact) mass is 340 g/mol. The summed E-state index contributed by atoms with van der Waals surface area (Å²) in [5, 5.41) is 0. The molecule has 0 heterocycles. The van der Waals surface area contributed by atoms with Gasteiger partial charge in [-0.25, -0.2) is 13.2 Å². The van der Waals surface area contributed by atoms with Crippen LogP contribution in [0.15, 0.2) is 12.1 Å². The van der Waals surface area contributed by atoms with Crippen molar-refractivity contribution in [2.75, 3.05) is 6.61 Å². The van der Waals surface area contributed by atoms with Crippen LogP contribution in [0.25, 0.3) is 0 Å². The van der Waals surface area contributed by atoms with Gasteiger partial charge in [0, 0.05) is 6.61 Å². The highest BCUT2D eigenvalue weighted by Gasteiger charge is 2.26. The highest BCUT2D eigenvalue weighted by molar-refractivity contribution is 5.23. The van der Waals surface area contributed by atoms with Gasteiger partial charge < -0.3 is 4.74 Å². The van der Waals surface area contributed by atoms with Gasteiger partial charge in [-0.1, -0.05) is 6.92 Å². The van der Waals surface area contributed by atoms with Crippen molar-refractivity contribution in [3.05, 3.63) is 35.1 Å². The lowest BCUT2D eigenvalue weighted by atomic mass is 9.79. The van der Waals surface area contributed by atoms with E-state index in [4.69, 9.17) is 4.74 Å². The minimum Gasteiger partial charge on any atom is -0.378 e. The SMILES string of the molecule is CC1CCC(OCC2CCC(c3cc(F)c(F)c(F)c3)CC2)CC1. The van der Waals surface area contributed by atoms with Gasteiger partial charge in [0.05, 0.1) is 6.10 Å². The Hall–Kier alpha value is -1.03. The molecule has 0 N–H and O–H groups in total. The van der Waals surface area contributed by atoms with E-state index in [1.165, 1.54) is 25.7 Å². The van der Waals surface area contributed by atoms with E-state index in [1.807, 2.05) is 0 Å². The van der Waals surface area contributed by atoms with Crippen LogP contribution in [0.4, 0.5) is 13.2 Å². The summed E-state index contributed by atoms with van der Waals surface area (Å²) in [6.45, 7) is 3.11. The summed E-state index contributed by atoms with van der Waals surface area (Å²) < 4.78 is 46.0. The molecular formula is C20H27F3O. The number of benzene rings is 1. The van der Waals surface area contributed by atoms with Gasteiger partial charge in [-0.05, 0) is 86.8 Å². The maximum Gasteiger partial charge on any atom is 0.194 e. The molecule has 0 bridgehead atoms. The average molecular weight is 340 g/mol. The van der Waals surface area contributed by atoms with E-state index in [1.54, 1.807) is 0 Å². The highest BCUT2D eigenvalue weighted by Crippen LogP contribution is 2.37. The van der Waals surface area contributed by atoms with Crippen molar-refractivity contribution in [1.29, 1.82) is 0 Å². The van der Waals surface area contributed by atoms with Crippen LogP contribution in [0.3, 0.4) is 0 Å². The zero-order valence-corrected chi connectivity index (χ0v) is 14.4. The maximum absolute atomic E-state index is 13.4. The fourth-order valence-corrected chi connectivity index (χ4v) is 4.14. The van der Waals surface area contributed by atoms with Gasteiger partial charge in [0.25, 0.3) is 0 Å². The second kappa shape index (κ2) is 7.90. The van der Waals surface area contributed by atoms with E-state index in [9.17, 15) is 13.2 Å². The molecule has 0 aromatic heterocycles. The van der Waals surface area contributed by atoms with Crippen LogP contribution in [0, 0.1) is 29.3 Å². The minimum absolute atomic E-state index is 0.126. The molecule has 0 saturated heterocycles.